The average Bonchev–Trinajstić information content (AvgIpc) is 2.97. The molecule has 4 rings (SSSR count). The van der Waals surface area contributed by atoms with Gasteiger partial charge in [0.25, 0.3) is 5.91 Å². The van der Waals surface area contributed by atoms with Gasteiger partial charge in [0.2, 0.25) is 0 Å². The zero-order valence-corrected chi connectivity index (χ0v) is 16.3. The van der Waals surface area contributed by atoms with E-state index in [0.717, 1.165) is 17.1 Å². The number of aryl methyl sites for hydroxylation is 1. The Morgan fingerprint density at radius 2 is 1.86 bits per heavy atom. The highest BCUT2D eigenvalue weighted by Crippen LogP contribution is 2.34. The molecular formula is C21H23FN2O5. The molecule has 2 aliphatic rings. The van der Waals surface area contributed by atoms with E-state index in [0.29, 0.717) is 43.1 Å². The van der Waals surface area contributed by atoms with Gasteiger partial charge in [-0.3, -0.25) is 4.79 Å². The van der Waals surface area contributed by atoms with Gasteiger partial charge < -0.3 is 24.5 Å². The van der Waals surface area contributed by atoms with Crippen LogP contribution in [-0.4, -0.2) is 47.0 Å². The number of nitrogens with one attached hydrogen (secondary N) is 1. The number of ether oxygens (including phenoxy) is 2. The highest BCUT2D eigenvalue weighted by molar-refractivity contribution is 5.96. The number of benzene rings is 1. The highest BCUT2D eigenvalue weighted by Gasteiger charge is 2.40. The molecule has 7 nitrogen and oxygen atoms in total. The predicted octanol–water partition coefficient (Wildman–Crippen LogP) is 2.80. The third-order valence-corrected chi connectivity index (χ3v) is 5.62. The molecule has 8 heteroatoms. The molecule has 2 N–H and O–H groups in total. The summed E-state index contributed by atoms with van der Waals surface area (Å²) in [6.45, 7) is 4.80. The van der Waals surface area contributed by atoms with Gasteiger partial charge in [-0.15, -0.1) is 0 Å². The van der Waals surface area contributed by atoms with Crippen LogP contribution in [0.3, 0.4) is 0 Å². The predicted molar refractivity (Wildman–Crippen MR) is 103 cm³/mol. The van der Waals surface area contributed by atoms with E-state index in [1.54, 1.807) is 0 Å². The summed E-state index contributed by atoms with van der Waals surface area (Å²) in [4.78, 5) is 23.4. The van der Waals surface area contributed by atoms with Gasteiger partial charge in [0.15, 0.2) is 17.7 Å². The van der Waals surface area contributed by atoms with Crippen molar-refractivity contribution in [2.75, 3.05) is 13.2 Å². The maximum atomic E-state index is 13.5. The van der Waals surface area contributed by atoms with Crippen molar-refractivity contribution in [3.8, 4) is 17.2 Å². The minimum Gasteiger partial charge on any atom is -0.486 e. The normalized spacial score (nSPS) is 21.2. The van der Waals surface area contributed by atoms with Crippen molar-refractivity contribution < 1.29 is 28.6 Å². The largest absolute Gasteiger partial charge is 0.486 e. The van der Waals surface area contributed by atoms with Crippen molar-refractivity contribution in [1.82, 2.24) is 9.88 Å². The quantitative estimate of drug-likeness (QED) is 0.803. The summed E-state index contributed by atoms with van der Waals surface area (Å²) in [6, 6.07) is 7.26. The lowest BCUT2D eigenvalue weighted by Gasteiger charge is -2.36. The van der Waals surface area contributed by atoms with Crippen LogP contribution in [0.25, 0.3) is 5.69 Å². The summed E-state index contributed by atoms with van der Waals surface area (Å²) in [6.07, 6.45) is -1.20. The van der Waals surface area contributed by atoms with E-state index in [9.17, 15) is 14.0 Å². The molecule has 1 aliphatic heterocycles. The van der Waals surface area contributed by atoms with Crippen molar-refractivity contribution >= 4 is 11.9 Å². The molecule has 1 fully saturated rings. The van der Waals surface area contributed by atoms with Crippen LogP contribution in [0, 0.1) is 19.8 Å². The SMILES string of the molecule is Cc1cc(C(=O)NC2CC(C(F)C(=O)O)C2)c(C)n1-c1ccc2c(c1)OCCO2. The number of alkyl halides is 1. The summed E-state index contributed by atoms with van der Waals surface area (Å²) in [5.41, 5.74) is 3.08. The van der Waals surface area contributed by atoms with Crippen LogP contribution in [0.15, 0.2) is 24.3 Å². The van der Waals surface area contributed by atoms with Gasteiger partial charge in [-0.05, 0) is 44.9 Å². The number of amides is 1. The van der Waals surface area contributed by atoms with E-state index in [1.165, 1.54) is 0 Å². The molecule has 1 atom stereocenters. The molecule has 0 spiro atoms. The summed E-state index contributed by atoms with van der Waals surface area (Å²) in [5, 5.41) is 11.6. The Balaban J connectivity index is 1.49. The van der Waals surface area contributed by atoms with Crippen molar-refractivity contribution in [2.24, 2.45) is 5.92 Å². The Hall–Kier alpha value is -3.03. The number of carbonyl (C=O) groups excluding carboxylic acids is 1. The number of halogens is 1. The van der Waals surface area contributed by atoms with Crippen molar-refractivity contribution in [2.45, 2.75) is 38.9 Å². The molecule has 0 radical (unpaired) electrons. The lowest BCUT2D eigenvalue weighted by molar-refractivity contribution is -0.146. The number of carboxylic acid groups (broad SMARTS) is 1. The fraction of sp³-hybridized carbons (Fsp3) is 0.429. The number of rotatable bonds is 5. The second-order valence-electron chi connectivity index (χ2n) is 7.59. The molecule has 1 unspecified atom stereocenters. The van der Waals surface area contributed by atoms with E-state index in [-0.39, 0.29) is 11.9 Å². The van der Waals surface area contributed by atoms with Crippen LogP contribution in [0.5, 0.6) is 11.5 Å². The number of fused-ring (bicyclic) bond motifs is 1. The van der Waals surface area contributed by atoms with Crippen LogP contribution in [0.4, 0.5) is 4.39 Å². The first-order valence-electron chi connectivity index (χ1n) is 9.62. The molecule has 29 heavy (non-hydrogen) atoms. The van der Waals surface area contributed by atoms with Gasteiger partial charge in [0.05, 0.1) is 5.56 Å². The van der Waals surface area contributed by atoms with Crippen molar-refractivity contribution in [3.05, 3.63) is 41.2 Å². The Morgan fingerprint density at radius 3 is 2.55 bits per heavy atom. The van der Waals surface area contributed by atoms with Gasteiger partial charge in [-0.1, -0.05) is 0 Å². The molecule has 2 aromatic rings. The molecule has 0 bridgehead atoms. The van der Waals surface area contributed by atoms with E-state index in [1.807, 2.05) is 42.7 Å². The Morgan fingerprint density at radius 1 is 1.17 bits per heavy atom. The first-order chi connectivity index (χ1) is 13.8. The Kier molecular flexibility index (Phi) is 4.94. The maximum absolute atomic E-state index is 13.5. The van der Waals surface area contributed by atoms with Crippen LogP contribution in [0.2, 0.25) is 0 Å². The number of aromatic nitrogens is 1. The van der Waals surface area contributed by atoms with E-state index in [4.69, 9.17) is 14.6 Å². The molecule has 1 amide bonds. The minimum absolute atomic E-state index is 0.206. The minimum atomic E-state index is -1.87. The van der Waals surface area contributed by atoms with Crippen molar-refractivity contribution in [1.29, 1.82) is 0 Å². The monoisotopic (exact) mass is 402 g/mol. The Labute approximate surface area is 167 Å². The Bertz CT molecular complexity index is 964. The third-order valence-electron chi connectivity index (χ3n) is 5.62. The lowest BCUT2D eigenvalue weighted by Crippen LogP contribution is -2.48. The van der Waals surface area contributed by atoms with Crippen molar-refractivity contribution in [3.63, 3.8) is 0 Å². The standard InChI is InChI=1S/C21H23FN2O5/c1-11-7-16(20(25)23-14-8-13(9-14)19(22)21(26)27)12(2)24(11)15-3-4-17-18(10-15)29-6-5-28-17/h3-4,7,10,13-14,19H,5-6,8-9H2,1-2H3,(H,23,25)(H,26,27). The molecule has 1 aromatic heterocycles. The highest BCUT2D eigenvalue weighted by atomic mass is 19.1. The third kappa shape index (κ3) is 3.54. The maximum Gasteiger partial charge on any atom is 0.338 e. The lowest BCUT2D eigenvalue weighted by atomic mass is 9.77. The summed E-state index contributed by atoms with van der Waals surface area (Å²) < 4.78 is 26.7. The zero-order chi connectivity index (χ0) is 20.7. The van der Waals surface area contributed by atoms with Crippen LogP contribution in [0.1, 0.15) is 34.6 Å². The van der Waals surface area contributed by atoms with E-state index >= 15 is 0 Å². The first kappa shape index (κ1) is 19.3. The van der Waals surface area contributed by atoms with Gasteiger partial charge in [-0.2, -0.15) is 0 Å². The summed E-state index contributed by atoms with van der Waals surface area (Å²) in [7, 11) is 0. The van der Waals surface area contributed by atoms with Gasteiger partial charge in [0.1, 0.15) is 13.2 Å². The fourth-order valence-electron chi connectivity index (χ4n) is 4.04. The van der Waals surface area contributed by atoms with E-state index in [2.05, 4.69) is 5.32 Å². The van der Waals surface area contributed by atoms with Crippen LogP contribution >= 0.6 is 0 Å². The number of carboxylic acids is 1. The molecule has 0 saturated heterocycles. The van der Waals surface area contributed by atoms with Crippen LogP contribution in [-0.2, 0) is 4.79 Å². The summed E-state index contributed by atoms with van der Waals surface area (Å²) >= 11 is 0. The molecule has 1 aliphatic carbocycles. The van der Waals surface area contributed by atoms with Crippen LogP contribution < -0.4 is 14.8 Å². The number of aliphatic carboxylic acids is 1. The summed E-state index contributed by atoms with van der Waals surface area (Å²) in [5.74, 6) is -0.846. The number of hydrogen-bond donors (Lipinski definition) is 2. The van der Waals surface area contributed by atoms with Gasteiger partial charge >= 0.3 is 5.97 Å². The second-order valence-corrected chi connectivity index (χ2v) is 7.59. The smallest absolute Gasteiger partial charge is 0.338 e. The topological polar surface area (TPSA) is 89.8 Å². The number of nitrogens with zero attached hydrogens (tertiary/aromatic N) is 1. The van der Waals surface area contributed by atoms with E-state index < -0.39 is 18.1 Å². The fourth-order valence-corrected chi connectivity index (χ4v) is 4.04. The molecule has 1 saturated carbocycles. The number of carbonyl (C=O) groups is 2. The molecule has 1 aromatic carbocycles. The van der Waals surface area contributed by atoms with Gasteiger partial charge in [0, 0.05) is 35.1 Å². The second kappa shape index (κ2) is 7.42. The first-order valence-corrected chi connectivity index (χ1v) is 9.62. The number of hydrogen-bond acceptors (Lipinski definition) is 4. The van der Waals surface area contributed by atoms with Gasteiger partial charge in [-0.25, -0.2) is 9.18 Å². The zero-order valence-electron chi connectivity index (χ0n) is 16.3. The molecular weight excluding hydrogens is 379 g/mol. The molecule has 2 heterocycles. The molecule has 154 valence electrons. The average molecular weight is 402 g/mol.